The first kappa shape index (κ1) is 27.5. The lowest BCUT2D eigenvalue weighted by atomic mass is 10.2. The summed E-state index contributed by atoms with van der Waals surface area (Å²) in [5.41, 5.74) is 0.733. The number of carbonyl (C=O) groups excluding carboxylic acids is 1. The zero-order chi connectivity index (χ0) is 23.2. The molecule has 0 aromatic heterocycles. The fraction of sp³-hybridized carbons (Fsp3) is 0.185. The number of carboxylic acids is 1. The van der Waals surface area contributed by atoms with Gasteiger partial charge in [0.25, 0.3) is 0 Å². The minimum Gasteiger partial charge on any atom is -0.481 e. The molecular formula is C27H32O4. The number of carbonyl (C=O) groups is 2. The van der Waals surface area contributed by atoms with E-state index in [0.717, 1.165) is 5.57 Å². The monoisotopic (exact) mass is 420 g/mol. The third-order valence-corrected chi connectivity index (χ3v) is 3.63. The molecule has 4 heteroatoms. The molecule has 0 aliphatic carbocycles. The van der Waals surface area contributed by atoms with Gasteiger partial charge in [0.1, 0.15) is 0 Å². The van der Waals surface area contributed by atoms with Crippen molar-refractivity contribution in [1.82, 2.24) is 0 Å². The molecule has 0 aliphatic rings. The van der Waals surface area contributed by atoms with Crippen molar-refractivity contribution in [2.45, 2.75) is 32.8 Å². The highest BCUT2D eigenvalue weighted by Gasteiger charge is 2.06. The Labute approximate surface area is 185 Å². The molecule has 0 bridgehead atoms. The summed E-state index contributed by atoms with van der Waals surface area (Å²) in [4.78, 5) is 21.4. The minimum atomic E-state index is -1.00. The Kier molecular flexibility index (Phi) is 17.6. The van der Waals surface area contributed by atoms with Gasteiger partial charge in [-0.25, -0.2) is 0 Å². The van der Waals surface area contributed by atoms with Crippen molar-refractivity contribution >= 4 is 11.8 Å². The molecule has 4 nitrogen and oxygen atoms in total. The van der Waals surface area contributed by atoms with Crippen LogP contribution in [0.4, 0.5) is 0 Å². The molecule has 31 heavy (non-hydrogen) atoms. The molecule has 0 spiro atoms. The summed E-state index contributed by atoms with van der Waals surface area (Å²) in [6.07, 6.45) is 34.8. The Morgan fingerprint density at radius 2 is 1.00 bits per heavy atom. The van der Waals surface area contributed by atoms with Gasteiger partial charge in [-0.3, -0.25) is 9.59 Å². The summed E-state index contributed by atoms with van der Waals surface area (Å²) in [5, 5.41) is 17.9. The Balaban J connectivity index is 4.02. The molecule has 0 aromatic rings. The largest absolute Gasteiger partial charge is 0.481 e. The van der Waals surface area contributed by atoms with E-state index in [4.69, 9.17) is 5.11 Å². The van der Waals surface area contributed by atoms with E-state index in [1.165, 1.54) is 0 Å². The van der Waals surface area contributed by atoms with Crippen molar-refractivity contribution in [1.29, 1.82) is 0 Å². The zero-order valence-corrected chi connectivity index (χ0v) is 18.2. The van der Waals surface area contributed by atoms with Crippen LogP contribution in [0.2, 0.25) is 0 Å². The average Bonchev–Trinajstić information content (AvgIpc) is 2.71. The van der Waals surface area contributed by atoms with Gasteiger partial charge >= 0.3 is 5.97 Å². The van der Waals surface area contributed by atoms with Gasteiger partial charge in [0.15, 0.2) is 5.78 Å². The summed E-state index contributed by atoms with van der Waals surface area (Å²) in [7, 11) is 0. The van der Waals surface area contributed by atoms with Crippen LogP contribution < -0.4 is 0 Å². The minimum absolute atomic E-state index is 0.0763. The highest BCUT2D eigenvalue weighted by atomic mass is 16.4. The molecule has 0 heterocycles. The number of Topliss-reactive ketones (excluding diaryl/α,β-unsaturated/α-hetero) is 1. The molecule has 0 saturated carbocycles. The zero-order valence-electron chi connectivity index (χ0n) is 18.2. The van der Waals surface area contributed by atoms with E-state index in [-0.39, 0.29) is 12.2 Å². The Morgan fingerprint density at radius 1 is 0.645 bits per heavy atom. The van der Waals surface area contributed by atoms with Gasteiger partial charge in [-0.05, 0) is 25.8 Å². The quantitative estimate of drug-likeness (QED) is 0.277. The third-order valence-electron chi connectivity index (χ3n) is 3.63. The second-order valence-electron chi connectivity index (χ2n) is 6.40. The summed E-state index contributed by atoms with van der Waals surface area (Å²) >= 11 is 0. The summed E-state index contributed by atoms with van der Waals surface area (Å²) in [6.45, 7) is 3.34. The molecule has 0 saturated heterocycles. The van der Waals surface area contributed by atoms with Crippen molar-refractivity contribution in [3.8, 4) is 0 Å². The van der Waals surface area contributed by atoms with E-state index < -0.39 is 12.1 Å². The molecular weight excluding hydrogens is 388 g/mol. The van der Waals surface area contributed by atoms with Crippen molar-refractivity contribution in [3.05, 3.63) is 121 Å². The maximum absolute atomic E-state index is 11.0. The van der Waals surface area contributed by atoms with E-state index >= 15 is 0 Å². The molecule has 0 aromatic carbocycles. The van der Waals surface area contributed by atoms with Gasteiger partial charge in [0, 0.05) is 0 Å². The first-order valence-electron chi connectivity index (χ1n) is 10.0. The maximum atomic E-state index is 11.0. The number of hydrogen-bond acceptors (Lipinski definition) is 3. The van der Waals surface area contributed by atoms with Crippen LogP contribution in [0.5, 0.6) is 0 Å². The molecule has 0 rings (SSSR count). The van der Waals surface area contributed by atoms with Crippen LogP contribution in [0.15, 0.2) is 121 Å². The van der Waals surface area contributed by atoms with Gasteiger partial charge in [0.05, 0.1) is 12.5 Å². The van der Waals surface area contributed by atoms with E-state index in [2.05, 4.69) is 0 Å². The molecule has 0 radical (unpaired) electrons. The van der Waals surface area contributed by atoms with Gasteiger partial charge in [0.2, 0.25) is 0 Å². The number of allylic oxidation sites excluding steroid dienone is 19. The van der Waals surface area contributed by atoms with Gasteiger partial charge in [-0.15, -0.1) is 0 Å². The first-order valence-corrected chi connectivity index (χ1v) is 10.0. The molecule has 164 valence electrons. The van der Waals surface area contributed by atoms with E-state index in [9.17, 15) is 14.7 Å². The second-order valence-corrected chi connectivity index (χ2v) is 6.40. The lowest BCUT2D eigenvalue weighted by Gasteiger charge is -2.01. The number of hydrogen-bond donors (Lipinski definition) is 2. The second kappa shape index (κ2) is 19.8. The topological polar surface area (TPSA) is 74.6 Å². The molecule has 1 atom stereocenters. The number of carboxylic acid groups (broad SMARTS) is 1. The van der Waals surface area contributed by atoms with Crippen LogP contribution in [0, 0.1) is 0 Å². The van der Waals surface area contributed by atoms with Crippen molar-refractivity contribution in [3.63, 3.8) is 0 Å². The number of aliphatic carboxylic acids is 1. The molecule has 0 aliphatic heterocycles. The highest BCUT2D eigenvalue weighted by Crippen LogP contribution is 1.99. The predicted octanol–water partition coefficient (Wildman–Crippen LogP) is 5.75. The normalized spacial score (nSPS) is 15.1. The molecule has 0 amide bonds. The molecule has 2 N–H and O–H groups in total. The number of aliphatic hydroxyl groups is 1. The number of rotatable bonds is 14. The van der Waals surface area contributed by atoms with E-state index in [1.54, 1.807) is 32.1 Å². The van der Waals surface area contributed by atoms with Crippen LogP contribution in [0.25, 0.3) is 0 Å². The van der Waals surface area contributed by atoms with Crippen molar-refractivity contribution in [2.24, 2.45) is 0 Å². The smallest absolute Gasteiger partial charge is 0.305 e. The lowest BCUT2D eigenvalue weighted by molar-refractivity contribution is -0.139. The Morgan fingerprint density at radius 3 is 1.35 bits per heavy atom. The number of ketones is 1. The molecule has 0 fully saturated rings. The summed E-state index contributed by atoms with van der Waals surface area (Å²) < 4.78 is 0. The van der Waals surface area contributed by atoms with Gasteiger partial charge < -0.3 is 10.2 Å². The Bertz CT molecular complexity index is 825. The standard InChI is InChI=1S/C27H32O4/c1-24(25(2)28)21-19-17-15-13-11-9-7-5-3-4-6-8-10-12-14-16-18-20-22-26(29)23-27(30)31/h3-21,26,29H,22-23H2,1-2H3,(H,30,31)/b4-3+,7-5+,8-6+,11-9+,12-10+,15-13?,16-14+,19-17?,20-18+,24-21?. The maximum Gasteiger partial charge on any atom is 0.305 e. The van der Waals surface area contributed by atoms with Gasteiger partial charge in [-0.1, -0.05) is 115 Å². The highest BCUT2D eigenvalue weighted by molar-refractivity contribution is 5.92. The SMILES string of the molecule is CC(=O)C(C)=CC=CC=C/C=C/C=C/C=C/C=C/C=C/C=C/C=C/CC(O)CC(=O)O. The van der Waals surface area contributed by atoms with E-state index in [0.29, 0.717) is 6.42 Å². The third kappa shape index (κ3) is 21.0. The van der Waals surface area contributed by atoms with E-state index in [1.807, 2.05) is 97.2 Å². The van der Waals surface area contributed by atoms with Crippen molar-refractivity contribution in [2.75, 3.05) is 0 Å². The fourth-order valence-corrected chi connectivity index (χ4v) is 1.88. The lowest BCUT2D eigenvalue weighted by Crippen LogP contribution is -2.11. The number of aliphatic hydroxyl groups excluding tert-OH is 1. The molecule has 1 unspecified atom stereocenters. The van der Waals surface area contributed by atoms with Crippen LogP contribution in [0.3, 0.4) is 0 Å². The fourth-order valence-electron chi connectivity index (χ4n) is 1.88. The average molecular weight is 421 g/mol. The van der Waals surface area contributed by atoms with Crippen molar-refractivity contribution < 1.29 is 19.8 Å². The van der Waals surface area contributed by atoms with Gasteiger partial charge in [-0.2, -0.15) is 0 Å². The van der Waals surface area contributed by atoms with Crippen LogP contribution in [-0.4, -0.2) is 28.1 Å². The Hall–Kier alpha value is -3.50. The predicted molar refractivity (Wildman–Crippen MR) is 130 cm³/mol. The summed E-state index contributed by atoms with van der Waals surface area (Å²) in [5.74, 6) is -0.924. The first-order chi connectivity index (χ1) is 14.9. The summed E-state index contributed by atoms with van der Waals surface area (Å²) in [6, 6.07) is 0. The van der Waals surface area contributed by atoms with Crippen LogP contribution in [0.1, 0.15) is 26.7 Å². The van der Waals surface area contributed by atoms with Crippen LogP contribution >= 0.6 is 0 Å². The van der Waals surface area contributed by atoms with Crippen LogP contribution in [-0.2, 0) is 9.59 Å².